The van der Waals surface area contributed by atoms with Crippen LogP contribution in [0, 0.1) is 37.1 Å². The van der Waals surface area contributed by atoms with Crippen LogP contribution in [0.5, 0.6) is 0 Å². The van der Waals surface area contributed by atoms with Gasteiger partial charge in [0.2, 0.25) is 5.60 Å². The number of carboxylic acid groups (broad SMARTS) is 3. The summed E-state index contributed by atoms with van der Waals surface area (Å²) in [6.45, 7) is 4.19. The highest BCUT2D eigenvalue weighted by atomic mass is 35.5. The number of aliphatic carboxylic acids is 1. The van der Waals surface area contributed by atoms with Crippen LogP contribution < -0.4 is 0 Å². The van der Waals surface area contributed by atoms with Gasteiger partial charge in [0.05, 0.1) is 17.2 Å². The molecule has 0 bridgehead atoms. The molecule has 0 aromatic heterocycles. The summed E-state index contributed by atoms with van der Waals surface area (Å²) >= 11 is 11.7. The molecule has 149 heavy (non-hydrogen) atoms. The van der Waals surface area contributed by atoms with Crippen molar-refractivity contribution in [3.8, 4) is 0 Å². The van der Waals surface area contributed by atoms with Gasteiger partial charge in [-0.2, -0.15) is 0 Å². The summed E-state index contributed by atoms with van der Waals surface area (Å²) in [6, 6.07) is 123. The van der Waals surface area contributed by atoms with Gasteiger partial charge in [0, 0.05) is 106 Å². The molecule has 0 spiro atoms. The fourth-order valence-corrected chi connectivity index (χ4v) is 16.2. The first-order valence-electron chi connectivity index (χ1n) is 47.4. The van der Waals surface area contributed by atoms with E-state index in [0.717, 1.165) is 67.4 Å². The van der Waals surface area contributed by atoms with Gasteiger partial charge in [-0.05, 0) is 237 Å². The highest BCUT2D eigenvalue weighted by molar-refractivity contribution is 6.30. The summed E-state index contributed by atoms with van der Waals surface area (Å²) < 4.78 is 95.7. The van der Waals surface area contributed by atoms with E-state index in [0.29, 0.717) is 33.4 Å². The molecule has 16 aromatic carbocycles. The number of carboxylic acids is 3. The SMILES string of the molecule is COC(C(=O)O)(c1ccccc1)c1ccccc1.COC(Cc1ccccc1)Cc1ccccc1.COC(c1ccc(C(=O)N(C)C)cc1)c1ccc(C(=O)N(C)C)cc1.COC(c1ccc(C(=O)O)cc1)c1ccc(C(=O)O)cc1.COC(c1ccc(C)cc1)c1ccc(C)cc1.COC(c1ccc(Cl)cc1)c1ccc(Cl)cc1.COC(c1ccc(F)cc1)c1ccc(F)cc1.COC(c1cccc(F)c1)c1cccc(F)c1. The minimum Gasteiger partial charge on any atom is -0.479 e. The van der Waals surface area contributed by atoms with Crippen molar-refractivity contribution in [3.63, 3.8) is 0 Å². The van der Waals surface area contributed by atoms with E-state index in [2.05, 4.69) is 111 Å². The maximum atomic E-state index is 13.1. The van der Waals surface area contributed by atoms with Gasteiger partial charge < -0.3 is 63.0 Å². The zero-order valence-electron chi connectivity index (χ0n) is 85.5. The van der Waals surface area contributed by atoms with Gasteiger partial charge in [0.25, 0.3) is 11.8 Å². The molecule has 0 atom stereocenters. The van der Waals surface area contributed by atoms with Crippen LogP contribution in [-0.2, 0) is 61.1 Å². The lowest BCUT2D eigenvalue weighted by Gasteiger charge is -2.28. The second-order valence-electron chi connectivity index (χ2n) is 34.5. The number of carbonyl (C=O) groups excluding carboxylic acids is 2. The number of hydrogen-bond acceptors (Lipinski definition) is 13. The predicted molar refractivity (Wildman–Crippen MR) is 579 cm³/mol. The smallest absolute Gasteiger partial charge is 0.345 e. The lowest BCUT2D eigenvalue weighted by Crippen LogP contribution is -2.38. The number of nitrogens with zero attached hydrogens (tertiary/aromatic N) is 2. The molecule has 0 aliphatic rings. The van der Waals surface area contributed by atoms with Gasteiger partial charge in [0.15, 0.2) is 0 Å². The molecule has 2 amide bonds. The van der Waals surface area contributed by atoms with E-state index < -0.39 is 29.6 Å². The Labute approximate surface area is 880 Å². The van der Waals surface area contributed by atoms with Crippen LogP contribution in [0.2, 0.25) is 10.0 Å². The molecular weight excluding hydrogens is 1930 g/mol. The number of hydrogen-bond donors (Lipinski definition) is 3. The Hall–Kier alpha value is -15.2. The Morgan fingerprint density at radius 3 is 0.718 bits per heavy atom. The highest BCUT2D eigenvalue weighted by Gasteiger charge is 2.42. The maximum absolute atomic E-state index is 13.1. The third-order valence-corrected chi connectivity index (χ3v) is 24.2. The first-order chi connectivity index (χ1) is 71.8. The summed E-state index contributed by atoms with van der Waals surface area (Å²) in [4.78, 5) is 60.5. The number of methoxy groups -OCH3 is 8. The minimum atomic E-state index is -1.46. The zero-order valence-corrected chi connectivity index (χ0v) is 87.0. The summed E-state index contributed by atoms with van der Waals surface area (Å²) in [7, 11) is 19.8. The number of amides is 2. The van der Waals surface area contributed by atoms with Crippen molar-refractivity contribution in [3.05, 3.63) is 568 Å². The van der Waals surface area contributed by atoms with Crippen LogP contribution in [0.3, 0.4) is 0 Å². The quantitative estimate of drug-likeness (QED) is 0.0343. The Bertz CT molecular complexity index is 6110. The molecule has 16 aromatic rings. The van der Waals surface area contributed by atoms with Crippen LogP contribution in [0.4, 0.5) is 17.6 Å². The monoisotopic (exact) mass is 2050 g/mol. The summed E-state index contributed by atoms with van der Waals surface area (Å²) in [5, 5.41) is 28.8. The molecule has 0 saturated carbocycles. The van der Waals surface area contributed by atoms with Gasteiger partial charge in [-0.3, -0.25) is 9.59 Å². The number of ether oxygens (including phenoxy) is 8. The summed E-state index contributed by atoms with van der Waals surface area (Å²) in [5.41, 5.74) is 17.6. The third kappa shape index (κ3) is 35.9. The molecule has 0 heterocycles. The van der Waals surface area contributed by atoms with E-state index in [9.17, 15) is 46.6 Å². The normalized spacial score (nSPS) is 10.8. The van der Waals surface area contributed by atoms with E-state index in [-0.39, 0.29) is 82.8 Å². The van der Waals surface area contributed by atoms with E-state index in [1.165, 1.54) is 120 Å². The minimum absolute atomic E-state index is 0.0243. The number of benzene rings is 16. The van der Waals surface area contributed by atoms with Crippen molar-refractivity contribution in [2.45, 2.75) is 75.0 Å². The summed E-state index contributed by atoms with van der Waals surface area (Å²) in [6.07, 6.45) is 0.708. The van der Waals surface area contributed by atoms with Gasteiger partial charge in [-0.15, -0.1) is 0 Å². The second-order valence-corrected chi connectivity index (χ2v) is 35.4. The highest BCUT2D eigenvalue weighted by Crippen LogP contribution is 2.37. The summed E-state index contributed by atoms with van der Waals surface area (Å²) in [5.74, 6) is -4.31. The number of rotatable bonds is 31. The topological polar surface area (TPSA) is 226 Å². The fraction of sp³-hybridized carbons (Fsp3) is 0.192. The molecule has 0 unspecified atom stereocenters. The van der Waals surface area contributed by atoms with Crippen molar-refractivity contribution in [2.75, 3.05) is 85.1 Å². The lowest BCUT2D eigenvalue weighted by molar-refractivity contribution is -0.158. The van der Waals surface area contributed by atoms with Crippen LogP contribution in [-0.4, -0.2) is 146 Å². The first kappa shape index (κ1) is 117. The molecule has 772 valence electrons. The van der Waals surface area contributed by atoms with E-state index >= 15 is 0 Å². The van der Waals surface area contributed by atoms with Crippen molar-refractivity contribution in [1.29, 1.82) is 0 Å². The number of aromatic carboxylic acids is 2. The zero-order chi connectivity index (χ0) is 108. The lowest BCUT2D eigenvalue weighted by atomic mass is 9.86. The molecule has 16 rings (SSSR count). The number of halogens is 6. The van der Waals surface area contributed by atoms with Gasteiger partial charge in [-0.25, -0.2) is 31.9 Å². The van der Waals surface area contributed by atoms with Crippen LogP contribution >= 0.6 is 23.2 Å². The number of carbonyl (C=O) groups is 5. The van der Waals surface area contributed by atoms with Gasteiger partial charge in [0.1, 0.15) is 59.9 Å². The molecule has 0 saturated heterocycles. The first-order valence-corrected chi connectivity index (χ1v) is 48.2. The van der Waals surface area contributed by atoms with Crippen molar-refractivity contribution in [1.82, 2.24) is 9.80 Å². The van der Waals surface area contributed by atoms with Crippen molar-refractivity contribution < 1.29 is 94.7 Å². The molecule has 0 aliphatic carbocycles. The average molecular weight is 2060 g/mol. The van der Waals surface area contributed by atoms with E-state index in [4.69, 9.17) is 71.3 Å². The second kappa shape index (κ2) is 60.8. The van der Waals surface area contributed by atoms with Gasteiger partial charge >= 0.3 is 17.9 Å². The largest absolute Gasteiger partial charge is 0.479 e. The van der Waals surface area contributed by atoms with E-state index in [1.54, 1.807) is 226 Å². The van der Waals surface area contributed by atoms with E-state index in [1.807, 2.05) is 97.1 Å². The Morgan fingerprint density at radius 2 is 0.497 bits per heavy atom. The molecule has 24 heteroatoms. The molecule has 3 N–H and O–H groups in total. The maximum Gasteiger partial charge on any atom is 0.345 e. The molecular formula is C125H124Cl2F4N2O16. The van der Waals surface area contributed by atoms with Crippen molar-refractivity contribution >= 4 is 52.9 Å². The fourth-order valence-electron chi connectivity index (χ4n) is 16.0. The predicted octanol–water partition coefficient (Wildman–Crippen LogP) is 28.0. The average Bonchev–Trinajstić information content (AvgIpc) is 0.771. The number of aryl methyl sites for hydroxylation is 2. The Kier molecular flexibility index (Phi) is 47.9. The van der Waals surface area contributed by atoms with Crippen LogP contribution in [0.1, 0.15) is 178 Å². The van der Waals surface area contributed by atoms with Gasteiger partial charge in [-0.1, -0.05) is 326 Å². The molecule has 0 fully saturated rings. The third-order valence-electron chi connectivity index (χ3n) is 23.7. The molecule has 18 nitrogen and oxygen atoms in total. The van der Waals surface area contributed by atoms with Crippen LogP contribution in [0.25, 0.3) is 0 Å². The Balaban J connectivity index is 0.000000190. The Morgan fingerprint density at radius 1 is 0.268 bits per heavy atom. The molecule has 0 aliphatic heterocycles. The molecule has 0 radical (unpaired) electrons. The van der Waals surface area contributed by atoms with Crippen LogP contribution in [0.15, 0.2) is 413 Å². The van der Waals surface area contributed by atoms with Crippen molar-refractivity contribution in [2.24, 2.45) is 0 Å². The standard InChI is InChI=1S/C20H24N2O3.C16H14O5.2C16H18O.C15H14O3.C14H12Cl2O.2C14H12F2O/c1-21(2)19(23)16-10-6-14(7-11-16)18(25-5)15-8-12-17(13-9-15)20(24)22(3)4;1-21-14(10-2-6-12(7-3-10)15(17)18)11-4-8-13(9-5-11)16(19)20;1-12-4-8-14(9-5-12)16(17-3)15-10-6-13(2)7-11-15;1-17-16(12-14-8-4-2-5-9-14)13-15-10-6-3-7-11-15;1-18-15(14(16)17,12-8-4-2-5-9-12)13-10-6-3-7-11-13;2*1-17-14(10-2-6-12(15)7-3-10)11-4-8-13(16)9-5-11;1-17-14(10-4-2-6-12(15)8-10)11-5-3-7-13(16)9-11/h6-13,18H,1-5H3;2-9,14H,1H3,(H,17,18)(H,19,20);4-11,16H,1-3H3;2-11,16H,12-13H2,1H3;2-11H,1H3,(H,16,17);3*2-9,14H,1H3.